The first-order chi connectivity index (χ1) is 15.2. The molecule has 1 aliphatic heterocycles. The van der Waals surface area contributed by atoms with E-state index in [1.54, 1.807) is 4.90 Å². The van der Waals surface area contributed by atoms with E-state index in [2.05, 4.69) is 15.6 Å². The van der Waals surface area contributed by atoms with Crippen molar-refractivity contribution < 1.29 is 22.4 Å². The van der Waals surface area contributed by atoms with Crippen LogP contribution >= 0.6 is 22.9 Å². The summed E-state index contributed by atoms with van der Waals surface area (Å²) < 4.78 is 57.6. The van der Waals surface area contributed by atoms with Crippen molar-refractivity contribution in [3.8, 4) is 0 Å². The van der Waals surface area contributed by atoms with E-state index in [0.29, 0.717) is 18.1 Å². The fraction of sp³-hybridized carbons (Fsp3) is 0.524. The third-order valence-electron chi connectivity index (χ3n) is 6.13. The Hall–Kier alpha value is -2.07. The predicted octanol–water partition coefficient (Wildman–Crippen LogP) is 5.34. The standard InChI is InChI=1S/C21H23ClF4N4OS/c1-2-27-18(31)28-14-7-4-8-15-17(14)32-19(29-15)30-10-9-20(11-30,21(24,25)26)12-5-3-6-13(22)16(12)23/h3,5-6,14H,2,4,7-11H2,1H3,(H2,27,28,31). The second kappa shape index (κ2) is 8.70. The van der Waals surface area contributed by atoms with Crippen LogP contribution in [0.15, 0.2) is 18.2 Å². The van der Waals surface area contributed by atoms with Crippen molar-refractivity contribution in [2.24, 2.45) is 0 Å². The number of anilines is 1. The van der Waals surface area contributed by atoms with Gasteiger partial charge in [0.25, 0.3) is 0 Å². The molecule has 2 aliphatic rings. The molecule has 2 amide bonds. The molecule has 1 aliphatic carbocycles. The van der Waals surface area contributed by atoms with Crippen LogP contribution in [0.5, 0.6) is 0 Å². The lowest BCUT2D eigenvalue weighted by atomic mass is 9.78. The van der Waals surface area contributed by atoms with E-state index in [0.717, 1.165) is 29.5 Å². The van der Waals surface area contributed by atoms with Gasteiger partial charge in [0.2, 0.25) is 0 Å². The third-order valence-corrected chi connectivity index (χ3v) is 7.70. The molecule has 11 heteroatoms. The minimum Gasteiger partial charge on any atom is -0.347 e. The van der Waals surface area contributed by atoms with Crippen LogP contribution < -0.4 is 15.5 Å². The highest BCUT2D eigenvalue weighted by Crippen LogP contribution is 2.50. The normalized spacial score (nSPS) is 23.2. The lowest BCUT2D eigenvalue weighted by molar-refractivity contribution is -0.185. The molecule has 0 radical (unpaired) electrons. The number of nitrogens with zero attached hydrogens (tertiary/aromatic N) is 2. The molecule has 0 saturated carbocycles. The first-order valence-corrected chi connectivity index (χ1v) is 11.7. The van der Waals surface area contributed by atoms with Crippen LogP contribution in [0.25, 0.3) is 0 Å². The van der Waals surface area contributed by atoms with Gasteiger partial charge in [-0.05, 0) is 38.7 Å². The van der Waals surface area contributed by atoms with Gasteiger partial charge in [-0.25, -0.2) is 14.2 Å². The molecule has 2 atom stereocenters. The number of aromatic nitrogens is 1. The van der Waals surface area contributed by atoms with E-state index >= 15 is 0 Å². The average molecular weight is 491 g/mol. The largest absolute Gasteiger partial charge is 0.400 e. The maximum absolute atomic E-state index is 14.7. The van der Waals surface area contributed by atoms with Crippen LogP contribution in [-0.2, 0) is 11.8 Å². The highest BCUT2D eigenvalue weighted by molar-refractivity contribution is 7.15. The van der Waals surface area contributed by atoms with Gasteiger partial charge in [-0.2, -0.15) is 13.2 Å². The zero-order chi connectivity index (χ0) is 23.1. The van der Waals surface area contributed by atoms with Crippen LogP contribution in [0.2, 0.25) is 5.02 Å². The van der Waals surface area contributed by atoms with Crippen LogP contribution in [0.1, 0.15) is 48.4 Å². The predicted molar refractivity (Wildman–Crippen MR) is 116 cm³/mol. The van der Waals surface area contributed by atoms with Gasteiger partial charge in [0, 0.05) is 25.2 Å². The van der Waals surface area contributed by atoms with Gasteiger partial charge in [-0.1, -0.05) is 35.1 Å². The molecule has 0 spiro atoms. The van der Waals surface area contributed by atoms with Gasteiger partial charge in [0.05, 0.1) is 21.6 Å². The Labute approximate surface area is 192 Å². The highest BCUT2D eigenvalue weighted by atomic mass is 35.5. The van der Waals surface area contributed by atoms with Crippen LogP contribution in [0, 0.1) is 5.82 Å². The molecule has 2 aromatic rings. The molecule has 32 heavy (non-hydrogen) atoms. The summed E-state index contributed by atoms with van der Waals surface area (Å²) in [5.74, 6) is -1.03. The number of hydrogen-bond acceptors (Lipinski definition) is 4. The van der Waals surface area contributed by atoms with Crippen LogP contribution in [-0.4, -0.2) is 36.8 Å². The Kier molecular flexibility index (Phi) is 6.28. The van der Waals surface area contributed by atoms with Crippen molar-refractivity contribution in [2.45, 2.75) is 50.2 Å². The number of hydrogen-bond donors (Lipinski definition) is 2. The van der Waals surface area contributed by atoms with Crippen LogP contribution in [0.4, 0.5) is 27.5 Å². The molecule has 1 saturated heterocycles. The van der Waals surface area contributed by atoms with Crippen molar-refractivity contribution in [2.75, 3.05) is 24.5 Å². The number of carbonyl (C=O) groups is 1. The number of fused-ring (bicyclic) bond motifs is 1. The summed E-state index contributed by atoms with van der Waals surface area (Å²) in [4.78, 5) is 19.0. The molecule has 5 nitrogen and oxygen atoms in total. The average Bonchev–Trinajstić information content (AvgIpc) is 3.35. The van der Waals surface area contributed by atoms with Crippen molar-refractivity contribution in [1.29, 1.82) is 0 Å². The smallest absolute Gasteiger partial charge is 0.347 e. The Bertz CT molecular complexity index is 1010. The number of aryl methyl sites for hydroxylation is 1. The van der Waals surface area contributed by atoms with E-state index in [-0.39, 0.29) is 30.1 Å². The van der Waals surface area contributed by atoms with E-state index in [4.69, 9.17) is 11.6 Å². The first-order valence-electron chi connectivity index (χ1n) is 10.5. The van der Waals surface area contributed by atoms with E-state index in [1.807, 2.05) is 6.92 Å². The van der Waals surface area contributed by atoms with Gasteiger partial charge in [-0.3, -0.25) is 0 Å². The van der Waals surface area contributed by atoms with Crippen molar-refractivity contribution >= 4 is 34.1 Å². The Morgan fingerprint density at radius 1 is 1.41 bits per heavy atom. The summed E-state index contributed by atoms with van der Waals surface area (Å²) in [6, 6.07) is 3.24. The lowest BCUT2D eigenvalue weighted by Crippen LogP contribution is -2.45. The molecular weight excluding hydrogens is 468 g/mol. The molecule has 1 aromatic heterocycles. The van der Waals surface area contributed by atoms with Crippen LogP contribution in [0.3, 0.4) is 0 Å². The van der Waals surface area contributed by atoms with Gasteiger partial charge in [0.1, 0.15) is 11.2 Å². The number of thiazole rings is 1. The second-order valence-electron chi connectivity index (χ2n) is 8.11. The van der Waals surface area contributed by atoms with Crippen molar-refractivity contribution in [1.82, 2.24) is 15.6 Å². The van der Waals surface area contributed by atoms with E-state index < -0.39 is 29.5 Å². The number of carbonyl (C=O) groups excluding carboxylic acids is 1. The molecule has 174 valence electrons. The minimum atomic E-state index is -4.66. The number of alkyl halides is 3. The number of urea groups is 1. The van der Waals surface area contributed by atoms with E-state index in [9.17, 15) is 22.4 Å². The van der Waals surface area contributed by atoms with Gasteiger partial charge >= 0.3 is 12.2 Å². The molecular formula is C21H23ClF4N4OS. The number of benzene rings is 1. The molecule has 4 rings (SSSR count). The number of nitrogens with one attached hydrogen (secondary N) is 2. The maximum Gasteiger partial charge on any atom is 0.400 e. The number of rotatable bonds is 4. The summed E-state index contributed by atoms with van der Waals surface area (Å²) in [7, 11) is 0. The maximum atomic E-state index is 14.7. The first kappa shape index (κ1) is 23.1. The monoisotopic (exact) mass is 490 g/mol. The number of halogens is 5. The summed E-state index contributed by atoms with van der Waals surface area (Å²) in [5.41, 5.74) is -2.00. The lowest BCUT2D eigenvalue weighted by Gasteiger charge is -2.32. The second-order valence-corrected chi connectivity index (χ2v) is 9.53. The molecule has 0 bridgehead atoms. The van der Waals surface area contributed by atoms with Crippen molar-refractivity contribution in [3.05, 3.63) is 45.2 Å². The summed E-state index contributed by atoms with van der Waals surface area (Å²) in [6.07, 6.45) is -2.68. The minimum absolute atomic E-state index is 0.0896. The SMILES string of the molecule is CCNC(=O)NC1CCCc2nc(N3CCC(c4cccc(Cl)c4F)(C(F)(F)F)C3)sc21. The molecule has 2 unspecified atom stereocenters. The number of amides is 2. The summed E-state index contributed by atoms with van der Waals surface area (Å²) >= 11 is 7.10. The highest BCUT2D eigenvalue weighted by Gasteiger charge is 2.60. The zero-order valence-electron chi connectivity index (χ0n) is 17.4. The fourth-order valence-corrected chi connectivity index (χ4v) is 5.90. The quantitative estimate of drug-likeness (QED) is 0.569. The Morgan fingerprint density at radius 3 is 2.91 bits per heavy atom. The van der Waals surface area contributed by atoms with Gasteiger partial charge in [0.15, 0.2) is 5.13 Å². The molecule has 2 N–H and O–H groups in total. The Balaban J connectivity index is 1.63. The Morgan fingerprint density at radius 2 is 2.19 bits per heavy atom. The van der Waals surface area contributed by atoms with E-state index in [1.165, 1.54) is 23.5 Å². The summed E-state index contributed by atoms with van der Waals surface area (Å²) in [5, 5.41) is 5.75. The molecule has 2 heterocycles. The third kappa shape index (κ3) is 4.03. The molecule has 1 fully saturated rings. The van der Waals surface area contributed by atoms with Gasteiger partial charge in [-0.15, -0.1) is 0 Å². The van der Waals surface area contributed by atoms with Gasteiger partial charge < -0.3 is 15.5 Å². The topological polar surface area (TPSA) is 57.3 Å². The summed E-state index contributed by atoms with van der Waals surface area (Å²) in [6.45, 7) is 1.97. The van der Waals surface area contributed by atoms with Crippen molar-refractivity contribution in [3.63, 3.8) is 0 Å². The fourth-order valence-electron chi connectivity index (χ4n) is 4.50. The molecule has 1 aromatic carbocycles. The zero-order valence-corrected chi connectivity index (χ0v) is 18.9.